The lowest BCUT2D eigenvalue weighted by Crippen LogP contribution is -2.43. The van der Waals surface area contributed by atoms with Crippen molar-refractivity contribution in [1.82, 2.24) is 10.3 Å². The minimum atomic E-state index is -0.336. The van der Waals surface area contributed by atoms with Crippen LogP contribution in [0.5, 0.6) is 0 Å². The second-order valence-corrected chi connectivity index (χ2v) is 7.75. The molecule has 26 heavy (non-hydrogen) atoms. The number of aromatic nitrogens is 1. The number of urea groups is 1. The van der Waals surface area contributed by atoms with Crippen LogP contribution in [0.25, 0.3) is 21.8 Å². The summed E-state index contributed by atoms with van der Waals surface area (Å²) in [5.74, 6) is -0.302. The number of carbonyl (C=O) groups is 1. The minimum Gasteiger partial charge on any atom is -0.333 e. The highest BCUT2D eigenvalue weighted by Crippen LogP contribution is 2.33. The number of para-hydroxylation sites is 1. The molecule has 0 fully saturated rings. The van der Waals surface area contributed by atoms with Gasteiger partial charge < -0.3 is 10.6 Å². The van der Waals surface area contributed by atoms with Crippen LogP contribution in [0.2, 0.25) is 0 Å². The Kier molecular flexibility index (Phi) is 5.04. The van der Waals surface area contributed by atoms with Crippen molar-refractivity contribution in [2.24, 2.45) is 0 Å². The summed E-state index contributed by atoms with van der Waals surface area (Å²) in [6.45, 7) is 5.75. The van der Waals surface area contributed by atoms with Crippen molar-refractivity contribution in [3.8, 4) is 21.8 Å². The van der Waals surface area contributed by atoms with Crippen molar-refractivity contribution in [1.29, 1.82) is 0 Å². The molecule has 2 amide bonds. The van der Waals surface area contributed by atoms with Gasteiger partial charge in [-0.15, -0.1) is 11.3 Å². The van der Waals surface area contributed by atoms with E-state index >= 15 is 0 Å². The Morgan fingerprint density at radius 2 is 1.69 bits per heavy atom. The van der Waals surface area contributed by atoms with Gasteiger partial charge in [-0.3, -0.25) is 0 Å². The van der Waals surface area contributed by atoms with E-state index in [9.17, 15) is 9.18 Å². The van der Waals surface area contributed by atoms with Crippen molar-refractivity contribution < 1.29 is 9.18 Å². The van der Waals surface area contributed by atoms with Crippen molar-refractivity contribution in [3.63, 3.8) is 0 Å². The van der Waals surface area contributed by atoms with E-state index < -0.39 is 0 Å². The summed E-state index contributed by atoms with van der Waals surface area (Å²) in [6, 6.07) is 13.7. The quantitative estimate of drug-likeness (QED) is 0.637. The van der Waals surface area contributed by atoms with Crippen molar-refractivity contribution >= 4 is 23.1 Å². The molecule has 4 nitrogen and oxygen atoms in total. The third kappa shape index (κ3) is 4.26. The van der Waals surface area contributed by atoms with Gasteiger partial charge in [0.2, 0.25) is 0 Å². The average Bonchev–Trinajstić information content (AvgIpc) is 3.03. The van der Waals surface area contributed by atoms with Gasteiger partial charge in [0.1, 0.15) is 10.8 Å². The fraction of sp³-hybridized carbons (Fsp3) is 0.200. The largest absolute Gasteiger partial charge is 0.333 e. The highest BCUT2D eigenvalue weighted by Gasteiger charge is 2.16. The zero-order valence-corrected chi connectivity index (χ0v) is 15.7. The molecule has 0 unspecified atom stereocenters. The van der Waals surface area contributed by atoms with E-state index in [1.165, 1.54) is 17.4 Å². The van der Waals surface area contributed by atoms with Crippen LogP contribution in [-0.4, -0.2) is 16.6 Å². The summed E-state index contributed by atoms with van der Waals surface area (Å²) in [5.41, 5.74) is 2.27. The molecule has 1 heterocycles. The number of thiazole rings is 1. The number of nitrogens with zero attached hydrogens (tertiary/aromatic N) is 1. The highest BCUT2D eigenvalue weighted by molar-refractivity contribution is 7.13. The second kappa shape index (κ2) is 7.25. The number of anilines is 1. The topological polar surface area (TPSA) is 54.0 Å². The number of carbonyl (C=O) groups excluding carboxylic acids is 1. The van der Waals surface area contributed by atoms with Gasteiger partial charge in [-0.2, -0.15) is 0 Å². The zero-order chi connectivity index (χ0) is 18.7. The first-order chi connectivity index (χ1) is 12.3. The van der Waals surface area contributed by atoms with Gasteiger partial charge in [0.25, 0.3) is 0 Å². The van der Waals surface area contributed by atoms with Gasteiger partial charge in [0, 0.05) is 22.0 Å². The summed E-state index contributed by atoms with van der Waals surface area (Å²) >= 11 is 1.37. The van der Waals surface area contributed by atoms with Crippen LogP contribution in [-0.2, 0) is 0 Å². The third-order valence-corrected chi connectivity index (χ3v) is 4.42. The van der Waals surface area contributed by atoms with Crippen LogP contribution < -0.4 is 10.6 Å². The maximum Gasteiger partial charge on any atom is 0.319 e. The van der Waals surface area contributed by atoms with E-state index in [2.05, 4.69) is 15.6 Å². The molecule has 0 bridgehead atoms. The van der Waals surface area contributed by atoms with Crippen LogP contribution >= 0.6 is 11.3 Å². The van der Waals surface area contributed by atoms with Crippen molar-refractivity contribution in [2.75, 3.05) is 5.32 Å². The minimum absolute atomic E-state index is 0.283. The van der Waals surface area contributed by atoms with Gasteiger partial charge in [0.15, 0.2) is 0 Å². The van der Waals surface area contributed by atoms with Gasteiger partial charge in [-0.25, -0.2) is 14.2 Å². The molecule has 2 aromatic carbocycles. The lowest BCUT2D eigenvalue weighted by atomic mass is 10.1. The van der Waals surface area contributed by atoms with E-state index in [0.717, 1.165) is 5.56 Å². The number of halogens is 1. The average molecular weight is 369 g/mol. The Morgan fingerprint density at radius 1 is 1.04 bits per heavy atom. The molecule has 0 saturated heterocycles. The number of nitrogens with one attached hydrogen (secondary N) is 2. The number of rotatable bonds is 3. The predicted molar refractivity (Wildman–Crippen MR) is 105 cm³/mol. The van der Waals surface area contributed by atoms with Gasteiger partial charge in [-0.05, 0) is 39.0 Å². The van der Waals surface area contributed by atoms with E-state index in [1.54, 1.807) is 18.2 Å². The Hall–Kier alpha value is -2.73. The lowest BCUT2D eigenvalue weighted by molar-refractivity contribution is 0.244. The van der Waals surface area contributed by atoms with Crippen LogP contribution in [0.3, 0.4) is 0 Å². The summed E-state index contributed by atoms with van der Waals surface area (Å²) < 4.78 is 14.0. The molecule has 3 aromatic rings. The van der Waals surface area contributed by atoms with Crippen LogP contribution in [0, 0.1) is 5.82 Å². The van der Waals surface area contributed by atoms with Gasteiger partial charge >= 0.3 is 6.03 Å². The Labute approximate surface area is 156 Å². The van der Waals surface area contributed by atoms with Crippen LogP contribution in [0.1, 0.15) is 20.8 Å². The fourth-order valence-electron chi connectivity index (χ4n) is 2.47. The monoisotopic (exact) mass is 369 g/mol. The molecule has 1 aromatic heterocycles. The van der Waals surface area contributed by atoms with E-state index in [4.69, 9.17) is 0 Å². The van der Waals surface area contributed by atoms with E-state index in [0.29, 0.717) is 22.0 Å². The highest BCUT2D eigenvalue weighted by atomic mass is 32.1. The van der Waals surface area contributed by atoms with Crippen LogP contribution in [0.15, 0.2) is 53.9 Å². The lowest BCUT2D eigenvalue weighted by Gasteiger charge is -2.21. The molecule has 6 heteroatoms. The fourth-order valence-corrected chi connectivity index (χ4v) is 3.31. The first-order valence-electron chi connectivity index (χ1n) is 8.22. The SMILES string of the molecule is CC(C)(C)NC(=O)Nc1ccccc1-c1csc(-c2ccccc2F)n1. The Balaban J connectivity index is 1.89. The summed E-state index contributed by atoms with van der Waals surface area (Å²) in [4.78, 5) is 16.8. The molecule has 0 spiro atoms. The van der Waals surface area contributed by atoms with Crippen molar-refractivity contribution in [2.45, 2.75) is 26.3 Å². The second-order valence-electron chi connectivity index (χ2n) is 6.89. The predicted octanol–water partition coefficient (Wildman–Crippen LogP) is 5.54. The van der Waals surface area contributed by atoms with E-state index in [-0.39, 0.29) is 17.4 Å². The Morgan fingerprint density at radius 3 is 2.38 bits per heavy atom. The molecular formula is C20H20FN3OS. The molecule has 0 aliphatic rings. The number of hydrogen-bond acceptors (Lipinski definition) is 3. The Bertz CT molecular complexity index is 931. The first kappa shape index (κ1) is 18.1. The molecule has 0 aliphatic heterocycles. The molecule has 0 atom stereocenters. The summed E-state index contributed by atoms with van der Waals surface area (Å²) in [7, 11) is 0. The molecule has 134 valence electrons. The molecule has 2 N–H and O–H groups in total. The van der Waals surface area contributed by atoms with Gasteiger partial charge in [-0.1, -0.05) is 30.3 Å². The normalized spacial score (nSPS) is 11.2. The molecular weight excluding hydrogens is 349 g/mol. The smallest absolute Gasteiger partial charge is 0.319 e. The molecule has 0 radical (unpaired) electrons. The first-order valence-corrected chi connectivity index (χ1v) is 9.10. The number of amides is 2. The third-order valence-electron chi connectivity index (χ3n) is 3.55. The molecule has 3 rings (SSSR count). The molecule has 0 saturated carbocycles. The summed E-state index contributed by atoms with van der Waals surface area (Å²) in [6.07, 6.45) is 0. The summed E-state index contributed by atoms with van der Waals surface area (Å²) in [5, 5.41) is 8.20. The number of hydrogen-bond donors (Lipinski definition) is 2. The maximum absolute atomic E-state index is 14.0. The maximum atomic E-state index is 14.0. The standard InChI is InChI=1S/C20H20FN3OS/c1-20(2,3)24-19(25)23-16-11-7-5-9-14(16)17-12-26-18(22-17)13-8-4-6-10-15(13)21/h4-12H,1-3H3,(H2,23,24,25). The molecule has 0 aliphatic carbocycles. The zero-order valence-electron chi connectivity index (χ0n) is 14.8. The number of benzene rings is 2. The van der Waals surface area contributed by atoms with Crippen molar-refractivity contribution in [3.05, 3.63) is 59.7 Å². The van der Waals surface area contributed by atoms with Crippen LogP contribution in [0.4, 0.5) is 14.9 Å². The van der Waals surface area contributed by atoms with Gasteiger partial charge in [0.05, 0.1) is 11.4 Å². The van der Waals surface area contributed by atoms with E-state index in [1.807, 2.05) is 50.4 Å².